The standard InChI is InChI=1S/C13H18N4O3S/c1-15-6-8-16(9-7-15)14-13(18)10-21-12-4-2-11(3-5-12)17(19)20/h2-5H,6-10H2,1H3,(H,14,18)/p+1. The average molecular weight is 311 g/mol. The summed E-state index contributed by atoms with van der Waals surface area (Å²) in [4.78, 5) is 24.3. The van der Waals surface area contributed by atoms with Crippen LogP contribution in [-0.4, -0.2) is 54.8 Å². The second kappa shape index (κ2) is 7.39. The number of thioether (sulfide) groups is 1. The Labute approximate surface area is 127 Å². The van der Waals surface area contributed by atoms with Gasteiger partial charge >= 0.3 is 0 Å². The SMILES string of the molecule is C[NH+]1CCN(NC(=O)CSc2ccc([N+](=O)[O-])cc2)CC1. The molecule has 1 fully saturated rings. The Morgan fingerprint density at radius 3 is 2.57 bits per heavy atom. The van der Waals surface area contributed by atoms with Gasteiger partial charge in [0.2, 0.25) is 5.91 Å². The van der Waals surface area contributed by atoms with E-state index in [0.717, 1.165) is 31.1 Å². The van der Waals surface area contributed by atoms with Crippen LogP contribution >= 0.6 is 11.8 Å². The van der Waals surface area contributed by atoms with Crippen molar-refractivity contribution >= 4 is 23.4 Å². The summed E-state index contributed by atoms with van der Waals surface area (Å²) in [7, 11) is 2.14. The van der Waals surface area contributed by atoms with E-state index in [-0.39, 0.29) is 11.6 Å². The Morgan fingerprint density at radius 1 is 1.38 bits per heavy atom. The van der Waals surface area contributed by atoms with Gasteiger partial charge in [-0.2, -0.15) is 0 Å². The van der Waals surface area contributed by atoms with E-state index >= 15 is 0 Å². The minimum Gasteiger partial charge on any atom is -0.335 e. The number of quaternary nitrogens is 1. The highest BCUT2D eigenvalue weighted by molar-refractivity contribution is 8.00. The fourth-order valence-electron chi connectivity index (χ4n) is 2.02. The number of likely N-dealkylation sites (N-methyl/N-ethyl adjacent to an activating group) is 1. The molecule has 21 heavy (non-hydrogen) atoms. The number of non-ortho nitro benzene ring substituents is 1. The number of carbonyl (C=O) groups is 1. The number of rotatable bonds is 5. The molecular weight excluding hydrogens is 292 g/mol. The Kier molecular flexibility index (Phi) is 5.54. The number of nitrogens with one attached hydrogen (secondary N) is 2. The van der Waals surface area contributed by atoms with Crippen LogP contribution in [0.1, 0.15) is 0 Å². The van der Waals surface area contributed by atoms with Crippen molar-refractivity contribution in [2.24, 2.45) is 0 Å². The molecule has 1 amide bonds. The number of carbonyl (C=O) groups excluding carboxylic acids is 1. The first-order valence-electron chi connectivity index (χ1n) is 6.77. The Balaban J connectivity index is 1.74. The van der Waals surface area contributed by atoms with Gasteiger partial charge in [-0.05, 0) is 12.1 Å². The van der Waals surface area contributed by atoms with E-state index in [1.165, 1.54) is 28.8 Å². The molecule has 0 unspecified atom stereocenters. The fraction of sp³-hybridized carbons (Fsp3) is 0.462. The molecule has 1 heterocycles. The lowest BCUT2D eigenvalue weighted by molar-refractivity contribution is -0.884. The molecule has 1 aliphatic rings. The van der Waals surface area contributed by atoms with E-state index in [9.17, 15) is 14.9 Å². The third-order valence-electron chi connectivity index (χ3n) is 3.32. The van der Waals surface area contributed by atoms with E-state index in [0.29, 0.717) is 5.75 Å². The van der Waals surface area contributed by atoms with Crippen LogP contribution in [0, 0.1) is 10.1 Å². The van der Waals surface area contributed by atoms with Crippen molar-refractivity contribution in [3.8, 4) is 0 Å². The molecule has 0 bridgehead atoms. The van der Waals surface area contributed by atoms with Crippen LogP contribution in [0.15, 0.2) is 29.2 Å². The number of amides is 1. The normalized spacial score (nSPS) is 16.6. The van der Waals surface area contributed by atoms with E-state index in [1.54, 1.807) is 12.1 Å². The van der Waals surface area contributed by atoms with Crippen molar-refractivity contribution in [1.29, 1.82) is 0 Å². The van der Waals surface area contributed by atoms with Crippen LogP contribution in [0.4, 0.5) is 5.69 Å². The van der Waals surface area contributed by atoms with Gasteiger partial charge in [-0.3, -0.25) is 20.3 Å². The maximum atomic E-state index is 11.9. The summed E-state index contributed by atoms with van der Waals surface area (Å²) in [6.45, 7) is 3.77. The van der Waals surface area contributed by atoms with Crippen LogP contribution in [0.2, 0.25) is 0 Å². The number of piperazine rings is 1. The Morgan fingerprint density at radius 2 is 2.00 bits per heavy atom. The highest BCUT2D eigenvalue weighted by atomic mass is 32.2. The van der Waals surface area contributed by atoms with E-state index in [1.807, 2.05) is 5.01 Å². The van der Waals surface area contributed by atoms with Crippen molar-refractivity contribution in [3.05, 3.63) is 34.4 Å². The lowest BCUT2D eigenvalue weighted by atomic mass is 10.3. The fourth-order valence-corrected chi connectivity index (χ4v) is 2.71. The quantitative estimate of drug-likeness (QED) is 0.437. The molecule has 114 valence electrons. The zero-order valence-electron chi connectivity index (χ0n) is 11.9. The molecule has 0 spiro atoms. The third kappa shape index (κ3) is 5.00. The third-order valence-corrected chi connectivity index (χ3v) is 4.33. The molecule has 2 rings (SSSR count). The number of hydrogen-bond acceptors (Lipinski definition) is 5. The smallest absolute Gasteiger partial charge is 0.269 e. The highest BCUT2D eigenvalue weighted by Gasteiger charge is 2.18. The molecule has 0 radical (unpaired) electrons. The molecule has 8 heteroatoms. The molecule has 0 aromatic heterocycles. The second-order valence-electron chi connectivity index (χ2n) is 5.02. The lowest BCUT2D eigenvalue weighted by Crippen LogP contribution is -3.12. The van der Waals surface area contributed by atoms with Crippen LogP contribution < -0.4 is 10.3 Å². The molecule has 1 aromatic rings. The van der Waals surface area contributed by atoms with Gasteiger partial charge < -0.3 is 4.90 Å². The minimum atomic E-state index is -0.434. The van der Waals surface area contributed by atoms with Crippen LogP contribution in [0.3, 0.4) is 0 Å². The number of nitro groups is 1. The molecule has 0 atom stereocenters. The highest BCUT2D eigenvalue weighted by Crippen LogP contribution is 2.20. The summed E-state index contributed by atoms with van der Waals surface area (Å²) in [6.07, 6.45) is 0. The predicted molar refractivity (Wildman–Crippen MR) is 80.2 cm³/mol. The molecule has 1 aromatic carbocycles. The molecule has 7 nitrogen and oxygen atoms in total. The van der Waals surface area contributed by atoms with Crippen molar-refractivity contribution < 1.29 is 14.6 Å². The maximum absolute atomic E-state index is 11.9. The molecule has 1 saturated heterocycles. The largest absolute Gasteiger partial charge is 0.335 e. The number of hydrogen-bond donors (Lipinski definition) is 2. The summed E-state index contributed by atoms with van der Waals surface area (Å²) < 4.78 is 0. The predicted octanol–water partition coefficient (Wildman–Crippen LogP) is -0.452. The summed E-state index contributed by atoms with van der Waals surface area (Å²) in [5, 5.41) is 12.5. The Hall–Kier alpha value is -1.64. The van der Waals surface area contributed by atoms with Gasteiger partial charge in [-0.1, -0.05) is 0 Å². The van der Waals surface area contributed by atoms with E-state index < -0.39 is 4.92 Å². The monoisotopic (exact) mass is 311 g/mol. The second-order valence-corrected chi connectivity index (χ2v) is 6.07. The molecule has 0 saturated carbocycles. The number of benzene rings is 1. The first kappa shape index (κ1) is 15.7. The number of nitrogens with zero attached hydrogens (tertiary/aromatic N) is 2. The minimum absolute atomic E-state index is 0.0436. The first-order chi connectivity index (χ1) is 10.0. The molecule has 2 N–H and O–H groups in total. The summed E-state index contributed by atoms with van der Waals surface area (Å²) >= 11 is 1.37. The van der Waals surface area contributed by atoms with Gasteiger partial charge in [0.1, 0.15) is 0 Å². The molecule has 1 aliphatic heterocycles. The number of hydrazine groups is 1. The van der Waals surface area contributed by atoms with Crippen LogP contribution in [-0.2, 0) is 4.79 Å². The van der Waals surface area contributed by atoms with Crippen LogP contribution in [0.25, 0.3) is 0 Å². The topological polar surface area (TPSA) is 79.9 Å². The van der Waals surface area contributed by atoms with Gasteiger partial charge in [0.15, 0.2) is 0 Å². The lowest BCUT2D eigenvalue weighted by Gasteiger charge is -2.30. The van der Waals surface area contributed by atoms with Gasteiger partial charge in [0.05, 0.1) is 43.9 Å². The average Bonchev–Trinajstić information content (AvgIpc) is 2.48. The first-order valence-corrected chi connectivity index (χ1v) is 7.76. The summed E-state index contributed by atoms with van der Waals surface area (Å²) in [5.74, 6) is 0.259. The molecular formula is C13H19N4O3S+. The van der Waals surface area contributed by atoms with Gasteiger partial charge in [-0.25, -0.2) is 5.01 Å². The number of nitro benzene ring substituents is 1. The maximum Gasteiger partial charge on any atom is 0.269 e. The summed E-state index contributed by atoms with van der Waals surface area (Å²) in [5.41, 5.74) is 2.95. The molecule has 0 aliphatic carbocycles. The van der Waals surface area contributed by atoms with Gasteiger partial charge in [0, 0.05) is 17.0 Å². The van der Waals surface area contributed by atoms with Gasteiger partial charge in [0.25, 0.3) is 5.69 Å². The van der Waals surface area contributed by atoms with Crippen molar-refractivity contribution in [2.75, 3.05) is 39.0 Å². The van der Waals surface area contributed by atoms with Crippen molar-refractivity contribution in [2.45, 2.75) is 4.90 Å². The zero-order chi connectivity index (χ0) is 15.2. The zero-order valence-corrected chi connectivity index (χ0v) is 12.7. The Bertz CT molecular complexity index is 501. The van der Waals surface area contributed by atoms with Crippen LogP contribution in [0.5, 0.6) is 0 Å². The van der Waals surface area contributed by atoms with Crippen molar-refractivity contribution in [3.63, 3.8) is 0 Å². The van der Waals surface area contributed by atoms with E-state index in [4.69, 9.17) is 0 Å². The van der Waals surface area contributed by atoms with Gasteiger partial charge in [-0.15, -0.1) is 11.8 Å². The van der Waals surface area contributed by atoms with Crippen molar-refractivity contribution in [1.82, 2.24) is 10.4 Å². The summed E-state index contributed by atoms with van der Waals surface area (Å²) in [6, 6.07) is 6.22. The van der Waals surface area contributed by atoms with E-state index in [2.05, 4.69) is 12.5 Å².